The summed E-state index contributed by atoms with van der Waals surface area (Å²) in [6, 6.07) is 2.35. The third-order valence-electron chi connectivity index (χ3n) is 3.35. The summed E-state index contributed by atoms with van der Waals surface area (Å²) < 4.78 is 1.93. The van der Waals surface area contributed by atoms with Crippen LogP contribution in [0.2, 0.25) is 0 Å². The molecular weight excluding hydrogens is 214 g/mol. The number of nitrogens with two attached hydrogens (primary N) is 1. The minimum absolute atomic E-state index is 0.00213. The van der Waals surface area contributed by atoms with Crippen LogP contribution in [0, 0.1) is 0 Å². The van der Waals surface area contributed by atoms with Gasteiger partial charge in [-0.1, -0.05) is 12.8 Å². The number of carbonyl (C=O) groups excluding carboxylic acids is 1. The molecule has 1 fully saturated rings. The summed E-state index contributed by atoms with van der Waals surface area (Å²) in [6.07, 6.45) is 6.47. The van der Waals surface area contributed by atoms with Crippen LogP contribution in [-0.4, -0.2) is 16.5 Å². The van der Waals surface area contributed by atoms with Crippen molar-refractivity contribution in [3.8, 4) is 0 Å². The Hall–Kier alpha value is -1.45. The van der Waals surface area contributed by atoms with Crippen LogP contribution in [0.1, 0.15) is 56.1 Å². The van der Waals surface area contributed by atoms with E-state index < -0.39 is 0 Å². The Morgan fingerprint density at radius 1 is 1.47 bits per heavy atom. The highest BCUT2D eigenvalue weighted by Crippen LogP contribution is 2.20. The van der Waals surface area contributed by atoms with Crippen molar-refractivity contribution < 1.29 is 4.79 Å². The SMILES string of the molecule is CC(C)n1cc(N)cc1C(=O)NC1CCCC1. The molecule has 3 N–H and O–H groups in total. The summed E-state index contributed by atoms with van der Waals surface area (Å²) >= 11 is 0. The number of anilines is 1. The molecule has 4 heteroatoms. The largest absolute Gasteiger partial charge is 0.397 e. The number of nitrogens with one attached hydrogen (secondary N) is 1. The van der Waals surface area contributed by atoms with Gasteiger partial charge in [0, 0.05) is 18.3 Å². The third-order valence-corrected chi connectivity index (χ3v) is 3.35. The van der Waals surface area contributed by atoms with E-state index in [9.17, 15) is 4.79 Å². The van der Waals surface area contributed by atoms with E-state index >= 15 is 0 Å². The van der Waals surface area contributed by atoms with Crippen molar-refractivity contribution in [1.29, 1.82) is 0 Å². The molecule has 1 heterocycles. The first kappa shape index (κ1) is 12.0. The van der Waals surface area contributed by atoms with Crippen molar-refractivity contribution in [3.63, 3.8) is 0 Å². The monoisotopic (exact) mass is 235 g/mol. The number of carbonyl (C=O) groups is 1. The molecular formula is C13H21N3O. The average Bonchev–Trinajstić information content (AvgIpc) is 2.86. The lowest BCUT2D eigenvalue weighted by atomic mass is 10.2. The third kappa shape index (κ3) is 2.62. The highest BCUT2D eigenvalue weighted by Gasteiger charge is 2.20. The molecule has 94 valence electrons. The molecule has 1 aliphatic rings. The van der Waals surface area contributed by atoms with Crippen molar-refractivity contribution in [2.75, 3.05) is 5.73 Å². The molecule has 1 aromatic rings. The molecule has 0 saturated heterocycles. The van der Waals surface area contributed by atoms with E-state index in [1.807, 2.05) is 24.6 Å². The molecule has 0 radical (unpaired) electrons. The highest BCUT2D eigenvalue weighted by atomic mass is 16.2. The zero-order valence-electron chi connectivity index (χ0n) is 10.6. The lowest BCUT2D eigenvalue weighted by molar-refractivity contribution is 0.0927. The number of nitrogen functional groups attached to an aromatic ring is 1. The summed E-state index contributed by atoms with van der Waals surface area (Å²) in [7, 11) is 0. The maximum absolute atomic E-state index is 12.2. The van der Waals surface area contributed by atoms with Gasteiger partial charge < -0.3 is 15.6 Å². The van der Waals surface area contributed by atoms with Gasteiger partial charge in [0.05, 0.1) is 5.69 Å². The topological polar surface area (TPSA) is 60.0 Å². The van der Waals surface area contributed by atoms with Gasteiger partial charge >= 0.3 is 0 Å². The van der Waals surface area contributed by atoms with Crippen LogP contribution >= 0.6 is 0 Å². The van der Waals surface area contributed by atoms with Crippen molar-refractivity contribution >= 4 is 11.6 Å². The van der Waals surface area contributed by atoms with Gasteiger partial charge in [-0.25, -0.2) is 0 Å². The van der Waals surface area contributed by atoms with Gasteiger partial charge in [0.1, 0.15) is 5.69 Å². The maximum atomic E-state index is 12.2. The zero-order valence-corrected chi connectivity index (χ0v) is 10.6. The van der Waals surface area contributed by atoms with Crippen LogP contribution in [0.15, 0.2) is 12.3 Å². The molecule has 2 rings (SSSR count). The van der Waals surface area contributed by atoms with Crippen LogP contribution in [0.3, 0.4) is 0 Å². The van der Waals surface area contributed by atoms with E-state index in [0.29, 0.717) is 17.4 Å². The number of hydrogen-bond donors (Lipinski definition) is 2. The Bertz CT molecular complexity index is 403. The van der Waals surface area contributed by atoms with Crippen molar-refractivity contribution in [3.05, 3.63) is 18.0 Å². The van der Waals surface area contributed by atoms with Gasteiger partial charge in [-0.2, -0.15) is 0 Å². The Morgan fingerprint density at radius 3 is 2.71 bits per heavy atom. The van der Waals surface area contributed by atoms with Crippen LogP contribution in [0.5, 0.6) is 0 Å². The lowest BCUT2D eigenvalue weighted by Gasteiger charge is -2.15. The molecule has 1 amide bonds. The fraction of sp³-hybridized carbons (Fsp3) is 0.615. The predicted molar refractivity (Wildman–Crippen MR) is 69.0 cm³/mol. The number of nitrogens with zero attached hydrogens (tertiary/aromatic N) is 1. The van der Waals surface area contributed by atoms with Gasteiger partial charge in [0.15, 0.2) is 0 Å². The molecule has 17 heavy (non-hydrogen) atoms. The van der Waals surface area contributed by atoms with Crippen LogP contribution in [-0.2, 0) is 0 Å². The predicted octanol–water partition coefficient (Wildman–Crippen LogP) is 2.32. The maximum Gasteiger partial charge on any atom is 0.268 e. The first-order valence-corrected chi connectivity index (χ1v) is 6.36. The minimum atomic E-state index is 0.00213. The molecule has 1 saturated carbocycles. The average molecular weight is 235 g/mol. The van der Waals surface area contributed by atoms with E-state index in [-0.39, 0.29) is 11.9 Å². The Morgan fingerprint density at radius 2 is 2.12 bits per heavy atom. The summed E-state index contributed by atoms with van der Waals surface area (Å²) in [5.74, 6) is 0.00213. The lowest BCUT2D eigenvalue weighted by Crippen LogP contribution is -2.34. The molecule has 0 bridgehead atoms. The van der Waals surface area contributed by atoms with Crippen molar-refractivity contribution in [1.82, 2.24) is 9.88 Å². The first-order chi connectivity index (χ1) is 8.08. The van der Waals surface area contributed by atoms with Crippen LogP contribution in [0.4, 0.5) is 5.69 Å². The van der Waals surface area contributed by atoms with Gasteiger partial charge in [-0.05, 0) is 32.8 Å². The van der Waals surface area contributed by atoms with E-state index in [0.717, 1.165) is 12.8 Å². The summed E-state index contributed by atoms with van der Waals surface area (Å²) in [6.45, 7) is 4.09. The summed E-state index contributed by atoms with van der Waals surface area (Å²) in [5.41, 5.74) is 7.08. The second kappa shape index (κ2) is 4.82. The van der Waals surface area contributed by atoms with Crippen LogP contribution < -0.4 is 11.1 Å². The fourth-order valence-electron chi connectivity index (χ4n) is 2.44. The minimum Gasteiger partial charge on any atom is -0.397 e. The second-order valence-electron chi connectivity index (χ2n) is 5.11. The normalized spacial score (nSPS) is 16.6. The summed E-state index contributed by atoms with van der Waals surface area (Å²) in [4.78, 5) is 12.2. The molecule has 0 aliphatic heterocycles. The molecule has 4 nitrogen and oxygen atoms in total. The quantitative estimate of drug-likeness (QED) is 0.844. The molecule has 0 spiro atoms. The smallest absolute Gasteiger partial charge is 0.268 e. The number of aromatic nitrogens is 1. The standard InChI is InChI=1S/C13H21N3O/c1-9(2)16-8-10(14)7-12(16)13(17)15-11-5-3-4-6-11/h7-9,11H,3-6,14H2,1-2H3,(H,15,17). The van der Waals surface area contributed by atoms with Gasteiger partial charge in [-0.15, -0.1) is 0 Å². The molecule has 1 aliphatic carbocycles. The molecule has 1 aromatic heterocycles. The van der Waals surface area contributed by atoms with Crippen LogP contribution in [0.25, 0.3) is 0 Å². The van der Waals surface area contributed by atoms with Gasteiger partial charge in [0.25, 0.3) is 5.91 Å². The van der Waals surface area contributed by atoms with Gasteiger partial charge in [-0.3, -0.25) is 4.79 Å². The van der Waals surface area contributed by atoms with E-state index in [2.05, 4.69) is 5.32 Å². The van der Waals surface area contributed by atoms with Crippen molar-refractivity contribution in [2.45, 2.75) is 51.6 Å². The summed E-state index contributed by atoms with van der Waals surface area (Å²) in [5, 5.41) is 3.09. The second-order valence-corrected chi connectivity index (χ2v) is 5.11. The Labute approximate surface area is 102 Å². The van der Waals surface area contributed by atoms with Gasteiger partial charge in [0.2, 0.25) is 0 Å². The number of hydrogen-bond acceptors (Lipinski definition) is 2. The molecule has 0 unspecified atom stereocenters. The number of amides is 1. The highest BCUT2D eigenvalue weighted by molar-refractivity contribution is 5.94. The van der Waals surface area contributed by atoms with E-state index in [4.69, 9.17) is 5.73 Å². The van der Waals surface area contributed by atoms with Crippen molar-refractivity contribution in [2.24, 2.45) is 0 Å². The molecule has 0 atom stereocenters. The zero-order chi connectivity index (χ0) is 12.4. The number of rotatable bonds is 3. The van der Waals surface area contributed by atoms with E-state index in [1.54, 1.807) is 6.07 Å². The Balaban J connectivity index is 2.12. The first-order valence-electron chi connectivity index (χ1n) is 6.36. The Kier molecular flexibility index (Phi) is 3.41. The molecule has 0 aromatic carbocycles. The fourth-order valence-corrected chi connectivity index (χ4v) is 2.44. The van der Waals surface area contributed by atoms with E-state index in [1.165, 1.54) is 12.8 Å².